The highest BCUT2D eigenvalue weighted by atomic mass is 31.2. The number of phenolic OH excluding ortho intramolecular Hbond substituents is 1. The number of phenols is 1. The van der Waals surface area contributed by atoms with Crippen LogP contribution in [-0.2, 0) is 20.4 Å². The van der Waals surface area contributed by atoms with Gasteiger partial charge in [-0.3, -0.25) is 14.3 Å². The van der Waals surface area contributed by atoms with Gasteiger partial charge in [0.1, 0.15) is 28.9 Å². The van der Waals surface area contributed by atoms with E-state index in [9.17, 15) is 24.0 Å². The molecule has 1 amide bonds. The number of amides is 1. The van der Waals surface area contributed by atoms with Crippen molar-refractivity contribution in [2.45, 2.75) is 26.5 Å². The number of fused-ring (bicyclic) bond motifs is 2. The molecule has 12 heteroatoms. The average Bonchev–Trinajstić information content (AvgIpc) is 3.34. The Balaban J connectivity index is 1.45. The van der Waals surface area contributed by atoms with Gasteiger partial charge in [-0.1, -0.05) is 43.0 Å². The minimum atomic E-state index is -3.85. The first-order valence-corrected chi connectivity index (χ1v) is 16.0. The SMILES string of the molecule is C=C(OCC)[C@H](C)OP(=O)(CCNC(=O)c1c2cccnc2c(O)c2c(O)n(Cc3ccc(F)cc3)cc12)Oc1ccccc1. The molecular weight excluding hydrogens is 600 g/mol. The third-order valence-electron chi connectivity index (χ3n) is 7.11. The van der Waals surface area contributed by atoms with Crippen LogP contribution in [-0.4, -0.2) is 51.1 Å². The van der Waals surface area contributed by atoms with Crippen LogP contribution in [0.4, 0.5) is 4.39 Å². The maximum atomic E-state index is 13.9. The van der Waals surface area contributed by atoms with E-state index >= 15 is 0 Å². The van der Waals surface area contributed by atoms with Gasteiger partial charge >= 0.3 is 7.60 Å². The summed E-state index contributed by atoms with van der Waals surface area (Å²) < 4.78 is 45.9. The summed E-state index contributed by atoms with van der Waals surface area (Å²) in [5.74, 6) is -0.913. The third kappa shape index (κ3) is 6.95. The number of aromatic hydroxyl groups is 2. The lowest BCUT2D eigenvalue weighted by molar-refractivity contribution is 0.0958. The van der Waals surface area contributed by atoms with Crippen LogP contribution in [0.15, 0.2) is 91.5 Å². The quantitative estimate of drug-likeness (QED) is 0.0959. The Morgan fingerprint density at radius 1 is 1.09 bits per heavy atom. The summed E-state index contributed by atoms with van der Waals surface area (Å²) in [4.78, 5) is 18.1. The monoisotopic (exact) mass is 633 g/mol. The zero-order valence-electron chi connectivity index (χ0n) is 24.8. The zero-order chi connectivity index (χ0) is 32.1. The Labute approximate surface area is 259 Å². The molecule has 10 nitrogen and oxygen atoms in total. The summed E-state index contributed by atoms with van der Waals surface area (Å²) in [6, 6.07) is 17.6. The van der Waals surface area contributed by atoms with Gasteiger partial charge in [-0.15, -0.1) is 0 Å². The van der Waals surface area contributed by atoms with Crippen molar-refractivity contribution in [2.24, 2.45) is 0 Å². The Kier molecular flexibility index (Phi) is 9.41. The predicted octanol–water partition coefficient (Wildman–Crippen LogP) is 6.75. The summed E-state index contributed by atoms with van der Waals surface area (Å²) in [5, 5.41) is 25.7. The van der Waals surface area contributed by atoms with Gasteiger partial charge in [0.25, 0.3) is 5.91 Å². The Morgan fingerprint density at radius 3 is 2.53 bits per heavy atom. The van der Waals surface area contributed by atoms with Crippen molar-refractivity contribution in [1.29, 1.82) is 0 Å². The van der Waals surface area contributed by atoms with Crippen LogP contribution in [0.25, 0.3) is 21.7 Å². The smallest absolute Gasteiger partial charge is 0.381 e. The molecule has 0 aliphatic rings. The average molecular weight is 634 g/mol. The normalized spacial score (nSPS) is 13.3. The fourth-order valence-corrected chi connectivity index (χ4v) is 6.61. The second-order valence-electron chi connectivity index (χ2n) is 10.3. The van der Waals surface area contributed by atoms with Crippen LogP contribution in [0, 0.1) is 5.82 Å². The van der Waals surface area contributed by atoms with Gasteiger partial charge in [0.15, 0.2) is 5.75 Å². The molecule has 2 atom stereocenters. The molecule has 1 unspecified atom stereocenters. The minimum absolute atomic E-state index is 0.0399. The minimum Gasteiger partial charge on any atom is -0.505 e. The molecule has 0 fully saturated rings. The fraction of sp³-hybridized carbons (Fsp3) is 0.212. The van der Waals surface area contributed by atoms with Crippen molar-refractivity contribution in [3.8, 4) is 17.4 Å². The third-order valence-corrected chi connectivity index (χ3v) is 9.01. The van der Waals surface area contributed by atoms with Gasteiger partial charge in [-0.25, -0.2) is 8.96 Å². The number of pyridine rings is 1. The van der Waals surface area contributed by atoms with Crippen molar-refractivity contribution in [3.05, 3.63) is 108 Å². The van der Waals surface area contributed by atoms with E-state index < -0.39 is 25.4 Å². The highest BCUT2D eigenvalue weighted by Gasteiger charge is 2.31. The Bertz CT molecular complexity index is 1890. The summed E-state index contributed by atoms with van der Waals surface area (Å²) in [5.41, 5.74) is 0.960. The van der Waals surface area contributed by atoms with Crippen molar-refractivity contribution in [1.82, 2.24) is 14.9 Å². The van der Waals surface area contributed by atoms with Crippen LogP contribution < -0.4 is 9.84 Å². The fourth-order valence-electron chi connectivity index (χ4n) is 4.94. The molecule has 5 aromatic rings. The van der Waals surface area contributed by atoms with Crippen LogP contribution in [0.1, 0.15) is 29.8 Å². The van der Waals surface area contributed by atoms with Crippen LogP contribution in [0.5, 0.6) is 17.4 Å². The number of ether oxygens (including phenoxy) is 1. The Hall–Kier alpha value is -4.86. The number of benzene rings is 3. The summed E-state index contributed by atoms with van der Waals surface area (Å²) in [7, 11) is -3.85. The molecule has 0 saturated carbocycles. The van der Waals surface area contributed by atoms with E-state index in [2.05, 4.69) is 16.9 Å². The molecule has 5 rings (SSSR count). The van der Waals surface area contributed by atoms with Gasteiger partial charge in [0.2, 0.25) is 5.88 Å². The van der Waals surface area contributed by atoms with Gasteiger partial charge in [0, 0.05) is 29.7 Å². The molecule has 234 valence electrons. The van der Waals surface area contributed by atoms with E-state index in [1.165, 1.54) is 22.9 Å². The molecule has 0 aliphatic carbocycles. The van der Waals surface area contributed by atoms with Gasteiger partial charge in [-0.05, 0) is 49.7 Å². The number of halogens is 1. The highest BCUT2D eigenvalue weighted by molar-refractivity contribution is 7.54. The zero-order valence-corrected chi connectivity index (χ0v) is 25.7. The Morgan fingerprint density at radius 2 is 1.82 bits per heavy atom. The van der Waals surface area contributed by atoms with E-state index in [0.717, 1.165) is 0 Å². The maximum Gasteiger partial charge on any atom is 0.381 e. The van der Waals surface area contributed by atoms with Gasteiger partial charge in [-0.2, -0.15) is 0 Å². The molecule has 3 aromatic carbocycles. The number of hydrogen-bond donors (Lipinski definition) is 3. The van der Waals surface area contributed by atoms with Crippen LogP contribution in [0.2, 0.25) is 0 Å². The van der Waals surface area contributed by atoms with Crippen molar-refractivity contribution < 1.29 is 37.7 Å². The highest BCUT2D eigenvalue weighted by Crippen LogP contribution is 2.50. The number of rotatable bonds is 13. The molecule has 3 N–H and O–H groups in total. The van der Waals surface area contributed by atoms with Gasteiger partial charge < -0.3 is 29.4 Å². The number of nitrogens with zero attached hydrogens (tertiary/aromatic N) is 2. The number of carbonyl (C=O) groups excluding carboxylic acids is 1. The molecule has 45 heavy (non-hydrogen) atoms. The van der Waals surface area contributed by atoms with E-state index in [4.69, 9.17) is 13.8 Å². The molecule has 2 heterocycles. The van der Waals surface area contributed by atoms with Crippen molar-refractivity contribution >= 4 is 35.2 Å². The first kappa shape index (κ1) is 31.6. The molecular formula is C33H33FN3O7P. The molecule has 2 aromatic heterocycles. The standard InChI is InChI=1S/C33H33FN3O7P/c1-4-42-21(2)22(3)43-45(41,44-25-9-6-5-7-10-25)18-17-36-32(39)28-26-11-8-16-35-30(26)31(38)29-27(28)20-37(33(29)40)19-23-12-14-24(34)15-13-23/h5-16,20,22,38,40H,2,4,17-19H2,1,3H3,(H,36,39)/t22-,45?/m0/s1. The van der Waals surface area contributed by atoms with E-state index in [0.29, 0.717) is 23.3 Å². The van der Waals surface area contributed by atoms with Crippen LogP contribution in [0.3, 0.4) is 0 Å². The summed E-state index contributed by atoms with van der Waals surface area (Å²) in [6.07, 6.45) is 2.06. The van der Waals surface area contributed by atoms with Crippen molar-refractivity contribution in [3.63, 3.8) is 0 Å². The second kappa shape index (κ2) is 13.4. The molecule has 0 radical (unpaired) electrons. The predicted molar refractivity (Wildman–Crippen MR) is 169 cm³/mol. The molecule has 0 aliphatic heterocycles. The molecule has 0 spiro atoms. The van der Waals surface area contributed by atoms with Crippen molar-refractivity contribution in [2.75, 3.05) is 19.3 Å². The van der Waals surface area contributed by atoms with Crippen LogP contribution >= 0.6 is 7.60 Å². The topological polar surface area (TPSA) is 132 Å². The van der Waals surface area contributed by atoms with E-state index in [-0.39, 0.29) is 58.5 Å². The van der Waals surface area contributed by atoms with Gasteiger partial charge in [0.05, 0.1) is 30.3 Å². The lowest BCUT2D eigenvalue weighted by Gasteiger charge is -2.24. The first-order chi connectivity index (χ1) is 21.6. The lowest BCUT2D eigenvalue weighted by Crippen LogP contribution is -2.28. The summed E-state index contributed by atoms with van der Waals surface area (Å²) in [6.45, 7) is 7.67. The molecule has 0 saturated heterocycles. The maximum absolute atomic E-state index is 13.9. The number of nitrogens with one attached hydrogen (secondary N) is 1. The second-order valence-corrected chi connectivity index (χ2v) is 12.3. The lowest BCUT2D eigenvalue weighted by atomic mass is 10.0. The number of para-hydroxylation sites is 1. The first-order valence-electron chi connectivity index (χ1n) is 14.3. The summed E-state index contributed by atoms with van der Waals surface area (Å²) >= 11 is 0. The largest absolute Gasteiger partial charge is 0.505 e. The van der Waals surface area contributed by atoms with E-state index in [1.54, 1.807) is 74.6 Å². The molecule has 0 bridgehead atoms. The number of hydrogen-bond acceptors (Lipinski definition) is 8. The van der Waals surface area contributed by atoms with E-state index in [1.807, 2.05) is 0 Å². The number of aromatic nitrogens is 2. The number of carbonyl (C=O) groups is 1.